The number of benzene rings is 1. The zero-order chi connectivity index (χ0) is 20.6. The smallest absolute Gasteiger partial charge is 0.337 e. The number of hydrogen-bond donors (Lipinski definition) is 1. The molecule has 4 rings (SSSR count). The summed E-state index contributed by atoms with van der Waals surface area (Å²) < 4.78 is 5.22. The molecule has 0 spiro atoms. The van der Waals surface area contributed by atoms with Crippen molar-refractivity contribution in [2.75, 3.05) is 7.11 Å². The van der Waals surface area contributed by atoms with Crippen LogP contribution in [0.2, 0.25) is 0 Å². The molecule has 1 aliphatic rings. The third kappa shape index (κ3) is 3.82. The molecule has 3 aromatic rings. The summed E-state index contributed by atoms with van der Waals surface area (Å²) in [5.74, 6) is -0.837. The number of carboxylic acids is 1. The van der Waals surface area contributed by atoms with Gasteiger partial charge in [0, 0.05) is 34.8 Å². The lowest BCUT2D eigenvalue weighted by Crippen LogP contribution is -2.22. The Balaban J connectivity index is 1.74. The fourth-order valence-corrected chi connectivity index (χ4v) is 5.29. The summed E-state index contributed by atoms with van der Waals surface area (Å²) in [7, 11) is 1.63. The highest BCUT2D eigenvalue weighted by molar-refractivity contribution is 7.16. The number of carboxylic acid groups (broad SMARTS) is 1. The van der Waals surface area contributed by atoms with Crippen LogP contribution in [0.5, 0.6) is 0 Å². The minimum atomic E-state index is -0.837. The van der Waals surface area contributed by atoms with E-state index in [4.69, 9.17) is 4.74 Å². The van der Waals surface area contributed by atoms with Gasteiger partial charge in [0.25, 0.3) is 0 Å². The molecule has 0 aliphatic heterocycles. The van der Waals surface area contributed by atoms with Gasteiger partial charge in [0.2, 0.25) is 0 Å². The van der Waals surface area contributed by atoms with Gasteiger partial charge in [-0.3, -0.25) is 9.97 Å². The second kappa shape index (κ2) is 7.69. The fraction of sp³-hybridized carbons (Fsp3) is 0.348. The van der Waals surface area contributed by atoms with Crippen molar-refractivity contribution < 1.29 is 14.6 Å². The Labute approximate surface area is 174 Å². The average molecular weight is 409 g/mol. The van der Waals surface area contributed by atoms with Crippen LogP contribution in [0.1, 0.15) is 46.8 Å². The molecule has 0 amide bonds. The number of aryl methyl sites for hydroxylation is 1. The van der Waals surface area contributed by atoms with Crippen molar-refractivity contribution in [1.82, 2.24) is 9.97 Å². The maximum absolute atomic E-state index is 12.1. The minimum absolute atomic E-state index is 0.142. The molecule has 0 radical (unpaired) electrons. The summed E-state index contributed by atoms with van der Waals surface area (Å²) >= 11 is 1.63. The Hall–Kier alpha value is -2.57. The van der Waals surface area contributed by atoms with Crippen molar-refractivity contribution >= 4 is 17.3 Å². The topological polar surface area (TPSA) is 72.3 Å². The Morgan fingerprint density at radius 3 is 2.55 bits per heavy atom. The molecule has 6 heteroatoms. The number of nitrogens with zero attached hydrogens (tertiary/aromatic N) is 2. The number of aromatic carboxylic acids is 1. The van der Waals surface area contributed by atoms with Crippen LogP contribution in [0.15, 0.2) is 36.7 Å². The van der Waals surface area contributed by atoms with E-state index in [1.54, 1.807) is 30.8 Å². The van der Waals surface area contributed by atoms with Crippen LogP contribution in [-0.4, -0.2) is 28.2 Å². The predicted molar refractivity (Wildman–Crippen MR) is 114 cm³/mol. The van der Waals surface area contributed by atoms with Gasteiger partial charge in [0.15, 0.2) is 0 Å². The first-order chi connectivity index (χ1) is 13.9. The van der Waals surface area contributed by atoms with E-state index in [2.05, 4.69) is 23.8 Å². The van der Waals surface area contributed by atoms with Crippen LogP contribution < -0.4 is 0 Å². The molecular formula is C23H24N2O3S. The Morgan fingerprint density at radius 1 is 1.17 bits per heavy atom. The highest BCUT2D eigenvalue weighted by atomic mass is 32.1. The molecular weight excluding hydrogens is 384 g/mol. The van der Waals surface area contributed by atoms with Gasteiger partial charge in [0.1, 0.15) is 0 Å². The number of hydrogen-bond acceptors (Lipinski definition) is 5. The number of thiophene rings is 1. The molecule has 0 atom stereocenters. The van der Waals surface area contributed by atoms with Crippen molar-refractivity contribution in [3.8, 4) is 21.7 Å². The van der Waals surface area contributed by atoms with Gasteiger partial charge >= 0.3 is 5.97 Å². The van der Waals surface area contributed by atoms with Crippen molar-refractivity contribution in [2.24, 2.45) is 5.41 Å². The van der Waals surface area contributed by atoms with Gasteiger partial charge in [0.05, 0.1) is 23.6 Å². The van der Waals surface area contributed by atoms with E-state index in [0.29, 0.717) is 12.2 Å². The number of carbonyl (C=O) groups is 1. The molecule has 1 aliphatic carbocycles. The van der Waals surface area contributed by atoms with Crippen LogP contribution in [0.25, 0.3) is 21.7 Å². The van der Waals surface area contributed by atoms with Crippen LogP contribution in [-0.2, 0) is 24.2 Å². The van der Waals surface area contributed by atoms with Crippen molar-refractivity contribution in [3.63, 3.8) is 0 Å². The molecule has 2 heterocycles. The van der Waals surface area contributed by atoms with E-state index in [1.807, 2.05) is 24.3 Å². The van der Waals surface area contributed by atoms with Crippen LogP contribution in [0, 0.1) is 5.41 Å². The highest BCUT2D eigenvalue weighted by Gasteiger charge is 2.32. The molecule has 0 unspecified atom stereocenters. The molecule has 5 nitrogen and oxygen atoms in total. The van der Waals surface area contributed by atoms with Gasteiger partial charge in [-0.1, -0.05) is 38.1 Å². The quantitative estimate of drug-likeness (QED) is 0.626. The summed E-state index contributed by atoms with van der Waals surface area (Å²) in [6.45, 7) is 4.82. The summed E-state index contributed by atoms with van der Waals surface area (Å²) in [5, 5.41) is 9.94. The SMILES string of the molecule is COCc1nccnc1-c1ccc(-c2sc3c(c2C(=O)O)CC(C)(C)CC3)cc1. The van der Waals surface area contributed by atoms with E-state index < -0.39 is 5.97 Å². The largest absolute Gasteiger partial charge is 0.478 e. The lowest BCUT2D eigenvalue weighted by Gasteiger charge is -2.29. The van der Waals surface area contributed by atoms with Gasteiger partial charge < -0.3 is 9.84 Å². The summed E-state index contributed by atoms with van der Waals surface area (Å²) in [5.41, 5.74) is 5.07. The first-order valence-corrected chi connectivity index (χ1v) is 10.5. The molecule has 2 aromatic heterocycles. The molecule has 0 bridgehead atoms. The van der Waals surface area contributed by atoms with Gasteiger partial charge in [-0.05, 0) is 35.8 Å². The first-order valence-electron chi connectivity index (χ1n) is 9.67. The van der Waals surface area contributed by atoms with Crippen molar-refractivity contribution in [3.05, 3.63) is 58.4 Å². The Bertz CT molecular complexity index is 1050. The third-order valence-electron chi connectivity index (χ3n) is 5.46. The predicted octanol–water partition coefficient (Wildman–Crippen LogP) is 5.23. The van der Waals surface area contributed by atoms with Crippen LogP contribution >= 0.6 is 11.3 Å². The van der Waals surface area contributed by atoms with Crippen LogP contribution in [0.4, 0.5) is 0 Å². The van der Waals surface area contributed by atoms with E-state index in [9.17, 15) is 9.90 Å². The maximum Gasteiger partial charge on any atom is 0.337 e. The molecule has 0 fully saturated rings. The Morgan fingerprint density at radius 2 is 1.86 bits per heavy atom. The molecule has 1 N–H and O–H groups in total. The number of rotatable bonds is 5. The monoisotopic (exact) mass is 408 g/mol. The van der Waals surface area contributed by atoms with Gasteiger partial charge in [-0.25, -0.2) is 4.79 Å². The third-order valence-corrected chi connectivity index (χ3v) is 6.81. The maximum atomic E-state index is 12.1. The number of fused-ring (bicyclic) bond motifs is 1. The molecule has 1 aromatic carbocycles. The lowest BCUT2D eigenvalue weighted by molar-refractivity contribution is 0.0696. The normalized spacial score (nSPS) is 15.1. The second-order valence-corrected chi connectivity index (χ2v) is 9.32. The molecule has 150 valence electrons. The Kier molecular flexibility index (Phi) is 5.23. The fourth-order valence-electron chi connectivity index (χ4n) is 3.98. The second-order valence-electron chi connectivity index (χ2n) is 8.22. The summed E-state index contributed by atoms with van der Waals surface area (Å²) in [6, 6.07) is 7.92. The van der Waals surface area contributed by atoms with Gasteiger partial charge in [-0.15, -0.1) is 11.3 Å². The minimum Gasteiger partial charge on any atom is -0.478 e. The van der Waals surface area contributed by atoms with Crippen molar-refractivity contribution in [2.45, 2.75) is 39.7 Å². The number of aromatic nitrogens is 2. The van der Waals surface area contributed by atoms with E-state index >= 15 is 0 Å². The highest BCUT2D eigenvalue weighted by Crippen LogP contribution is 2.45. The molecule has 29 heavy (non-hydrogen) atoms. The van der Waals surface area contributed by atoms with Crippen molar-refractivity contribution in [1.29, 1.82) is 0 Å². The molecule has 0 saturated carbocycles. The van der Waals surface area contributed by atoms with Crippen LogP contribution in [0.3, 0.4) is 0 Å². The van der Waals surface area contributed by atoms with E-state index in [-0.39, 0.29) is 5.41 Å². The summed E-state index contributed by atoms with van der Waals surface area (Å²) in [6.07, 6.45) is 6.18. The number of methoxy groups -OCH3 is 1. The van der Waals surface area contributed by atoms with Gasteiger partial charge in [-0.2, -0.15) is 0 Å². The average Bonchev–Trinajstić information content (AvgIpc) is 3.06. The zero-order valence-corrected chi connectivity index (χ0v) is 17.7. The zero-order valence-electron chi connectivity index (χ0n) is 16.9. The first kappa shape index (κ1) is 19.7. The standard InChI is InChI=1S/C23H24N2O3S/c1-23(2)9-8-18-16(12-23)19(22(26)27)21(29-18)15-6-4-14(5-7-15)20-17(13-28-3)24-10-11-25-20/h4-7,10-11H,8-9,12-13H2,1-3H3,(H,26,27). The molecule has 0 saturated heterocycles. The number of ether oxygens (including phenoxy) is 1. The lowest BCUT2D eigenvalue weighted by atomic mass is 9.76. The summed E-state index contributed by atoms with van der Waals surface area (Å²) in [4.78, 5) is 23.0. The van der Waals surface area contributed by atoms with E-state index in [0.717, 1.165) is 52.2 Å². The van der Waals surface area contributed by atoms with E-state index in [1.165, 1.54) is 4.88 Å².